The normalized spacial score (nSPS) is 24.1. The highest BCUT2D eigenvalue weighted by Crippen LogP contribution is 2.38. The van der Waals surface area contributed by atoms with Crippen LogP contribution in [-0.4, -0.2) is 14.8 Å². The van der Waals surface area contributed by atoms with E-state index in [9.17, 15) is 0 Å². The average molecular weight is 178 g/mol. The van der Waals surface area contributed by atoms with E-state index in [4.69, 9.17) is 5.73 Å². The third-order valence-corrected chi connectivity index (χ3v) is 3.30. The molecule has 70 valence electrons. The van der Waals surface area contributed by atoms with Crippen molar-refractivity contribution in [1.29, 1.82) is 0 Å². The van der Waals surface area contributed by atoms with Crippen molar-refractivity contribution in [2.24, 2.45) is 5.73 Å². The van der Waals surface area contributed by atoms with E-state index in [1.54, 1.807) is 0 Å². The molecule has 0 saturated heterocycles. The van der Waals surface area contributed by atoms with Gasteiger partial charge in [-0.3, -0.25) is 0 Å². The molecule has 0 aromatic carbocycles. The third-order valence-electron chi connectivity index (χ3n) is 3.30. The molecule has 2 aliphatic rings. The van der Waals surface area contributed by atoms with E-state index in [0.717, 1.165) is 37.5 Å². The van der Waals surface area contributed by atoms with Crippen molar-refractivity contribution in [3.05, 3.63) is 11.6 Å². The van der Waals surface area contributed by atoms with Gasteiger partial charge in [0, 0.05) is 13.0 Å². The van der Waals surface area contributed by atoms with Crippen LogP contribution in [0.1, 0.15) is 37.3 Å². The quantitative estimate of drug-likeness (QED) is 0.683. The summed E-state index contributed by atoms with van der Waals surface area (Å²) in [6.45, 7) is 1.07. The number of nitrogens with zero attached hydrogens (tertiary/aromatic N) is 3. The van der Waals surface area contributed by atoms with E-state index >= 15 is 0 Å². The largest absolute Gasteiger partial charge is 0.319 e. The number of aromatic nitrogens is 3. The monoisotopic (exact) mass is 178 g/mol. The Kier molecular flexibility index (Phi) is 1.34. The third kappa shape index (κ3) is 0.892. The summed E-state index contributed by atoms with van der Waals surface area (Å²) < 4.78 is 2.22. The van der Waals surface area contributed by atoms with Gasteiger partial charge >= 0.3 is 0 Å². The minimum atomic E-state index is -0.143. The zero-order valence-corrected chi connectivity index (χ0v) is 7.66. The van der Waals surface area contributed by atoms with Gasteiger partial charge in [-0.15, -0.1) is 10.2 Å². The molecule has 4 nitrogen and oxygen atoms in total. The molecule has 1 saturated carbocycles. The fourth-order valence-electron chi connectivity index (χ4n) is 2.30. The van der Waals surface area contributed by atoms with E-state index in [0.29, 0.717) is 0 Å². The van der Waals surface area contributed by atoms with Crippen molar-refractivity contribution in [1.82, 2.24) is 14.8 Å². The lowest BCUT2D eigenvalue weighted by atomic mass is 9.77. The molecule has 0 bridgehead atoms. The molecular weight excluding hydrogens is 164 g/mol. The van der Waals surface area contributed by atoms with Crippen molar-refractivity contribution in [3.8, 4) is 0 Å². The molecule has 0 unspecified atom stereocenters. The second-order valence-corrected chi connectivity index (χ2v) is 4.20. The number of hydrogen-bond acceptors (Lipinski definition) is 3. The van der Waals surface area contributed by atoms with Crippen LogP contribution < -0.4 is 5.73 Å². The van der Waals surface area contributed by atoms with Gasteiger partial charge in [-0.1, -0.05) is 0 Å². The van der Waals surface area contributed by atoms with Crippen molar-refractivity contribution in [2.75, 3.05) is 0 Å². The molecule has 0 radical (unpaired) electrons. The van der Waals surface area contributed by atoms with Crippen LogP contribution in [0.4, 0.5) is 0 Å². The lowest BCUT2D eigenvalue weighted by molar-refractivity contribution is 0.230. The highest BCUT2D eigenvalue weighted by Gasteiger charge is 2.40. The maximum Gasteiger partial charge on any atom is 0.153 e. The predicted octanol–water partition coefficient (Wildman–Crippen LogP) is 0.562. The van der Waals surface area contributed by atoms with E-state index in [2.05, 4.69) is 14.8 Å². The molecule has 0 atom stereocenters. The zero-order chi connectivity index (χ0) is 8.89. The maximum atomic E-state index is 6.22. The molecule has 1 aromatic heterocycles. The highest BCUT2D eigenvalue weighted by atomic mass is 15.3. The van der Waals surface area contributed by atoms with Gasteiger partial charge in [0.15, 0.2) is 5.82 Å². The Balaban J connectivity index is 2.05. The Morgan fingerprint density at radius 3 is 2.77 bits per heavy atom. The molecule has 3 rings (SSSR count). The van der Waals surface area contributed by atoms with Gasteiger partial charge in [0.1, 0.15) is 5.82 Å². The molecule has 2 N–H and O–H groups in total. The van der Waals surface area contributed by atoms with Crippen LogP contribution in [0, 0.1) is 0 Å². The van der Waals surface area contributed by atoms with Gasteiger partial charge in [-0.05, 0) is 25.7 Å². The van der Waals surface area contributed by atoms with E-state index in [-0.39, 0.29) is 5.54 Å². The van der Waals surface area contributed by atoms with Crippen LogP contribution >= 0.6 is 0 Å². The van der Waals surface area contributed by atoms with E-state index in [1.807, 2.05) is 0 Å². The number of fused-ring (bicyclic) bond motifs is 1. The molecule has 1 aromatic rings. The molecule has 0 amide bonds. The minimum absolute atomic E-state index is 0.143. The second kappa shape index (κ2) is 2.32. The first kappa shape index (κ1) is 7.50. The van der Waals surface area contributed by atoms with Crippen molar-refractivity contribution < 1.29 is 0 Å². The molecule has 13 heavy (non-hydrogen) atoms. The molecule has 1 aliphatic heterocycles. The summed E-state index contributed by atoms with van der Waals surface area (Å²) in [5.41, 5.74) is 6.08. The lowest BCUT2D eigenvalue weighted by Gasteiger charge is -2.36. The van der Waals surface area contributed by atoms with Crippen molar-refractivity contribution in [3.63, 3.8) is 0 Å². The second-order valence-electron chi connectivity index (χ2n) is 4.20. The first-order valence-corrected chi connectivity index (χ1v) is 5.01. The van der Waals surface area contributed by atoms with Crippen LogP contribution in [0.25, 0.3) is 0 Å². The summed E-state index contributed by atoms with van der Waals surface area (Å²) in [6.07, 6.45) is 5.66. The predicted molar refractivity (Wildman–Crippen MR) is 48.1 cm³/mol. The molecule has 1 aliphatic carbocycles. The number of rotatable bonds is 1. The average Bonchev–Trinajstić information content (AvgIpc) is 2.59. The fraction of sp³-hybridized carbons (Fsp3) is 0.778. The van der Waals surface area contributed by atoms with Gasteiger partial charge in [0.05, 0.1) is 5.54 Å². The van der Waals surface area contributed by atoms with E-state index in [1.165, 1.54) is 12.8 Å². The van der Waals surface area contributed by atoms with Crippen molar-refractivity contribution >= 4 is 0 Å². The van der Waals surface area contributed by atoms with E-state index < -0.39 is 0 Å². The summed E-state index contributed by atoms with van der Waals surface area (Å²) in [5, 5.41) is 8.40. The Morgan fingerprint density at radius 1 is 1.23 bits per heavy atom. The van der Waals surface area contributed by atoms with Gasteiger partial charge in [-0.2, -0.15) is 0 Å². The maximum absolute atomic E-state index is 6.22. The van der Waals surface area contributed by atoms with Crippen LogP contribution in [0.5, 0.6) is 0 Å². The number of hydrogen-bond donors (Lipinski definition) is 1. The van der Waals surface area contributed by atoms with Crippen molar-refractivity contribution in [2.45, 2.75) is 44.2 Å². The summed E-state index contributed by atoms with van der Waals surface area (Å²) >= 11 is 0. The number of aryl methyl sites for hydroxylation is 1. The SMILES string of the molecule is NC1(c2nnc3n2CCC3)CCC1. The van der Waals surface area contributed by atoms with Gasteiger partial charge in [-0.25, -0.2) is 0 Å². The molecular formula is C9H14N4. The fourth-order valence-corrected chi connectivity index (χ4v) is 2.30. The molecule has 1 fully saturated rings. The minimum Gasteiger partial charge on any atom is -0.319 e. The first-order chi connectivity index (χ1) is 6.30. The van der Waals surface area contributed by atoms with Crippen LogP contribution in [0.3, 0.4) is 0 Å². The Morgan fingerprint density at radius 2 is 2.08 bits per heavy atom. The molecule has 4 heteroatoms. The Labute approximate surface area is 77.1 Å². The topological polar surface area (TPSA) is 56.7 Å². The Hall–Kier alpha value is -0.900. The summed E-state index contributed by atoms with van der Waals surface area (Å²) in [4.78, 5) is 0. The summed E-state index contributed by atoms with van der Waals surface area (Å²) in [5.74, 6) is 2.16. The van der Waals surface area contributed by atoms with Gasteiger partial charge in [0.25, 0.3) is 0 Å². The summed E-state index contributed by atoms with van der Waals surface area (Å²) in [7, 11) is 0. The smallest absolute Gasteiger partial charge is 0.153 e. The molecule has 0 spiro atoms. The zero-order valence-electron chi connectivity index (χ0n) is 7.66. The Bertz CT molecular complexity index is 337. The van der Waals surface area contributed by atoms with Crippen LogP contribution in [0.2, 0.25) is 0 Å². The highest BCUT2D eigenvalue weighted by molar-refractivity contribution is 5.14. The lowest BCUT2D eigenvalue weighted by Crippen LogP contribution is -2.45. The summed E-state index contributed by atoms with van der Waals surface area (Å²) in [6, 6.07) is 0. The molecule has 2 heterocycles. The first-order valence-electron chi connectivity index (χ1n) is 5.01. The van der Waals surface area contributed by atoms with Gasteiger partial charge < -0.3 is 10.3 Å². The standard InChI is InChI=1S/C9H14N4/c10-9(4-2-5-9)8-12-11-7-3-1-6-13(7)8/h1-6,10H2. The van der Waals surface area contributed by atoms with Gasteiger partial charge in [0.2, 0.25) is 0 Å². The van der Waals surface area contributed by atoms with Crippen LogP contribution in [-0.2, 0) is 18.5 Å². The van der Waals surface area contributed by atoms with Crippen LogP contribution in [0.15, 0.2) is 0 Å². The number of nitrogens with two attached hydrogens (primary N) is 1.